The molecule has 80 valence electrons. The van der Waals surface area contributed by atoms with E-state index in [1.807, 2.05) is 0 Å². The molecule has 0 aromatic rings. The van der Waals surface area contributed by atoms with E-state index in [2.05, 4.69) is 12.2 Å². The van der Waals surface area contributed by atoms with Gasteiger partial charge < -0.3 is 4.74 Å². The number of fused-ring (bicyclic) bond motifs is 2. The minimum absolute atomic E-state index is 0.111. The van der Waals surface area contributed by atoms with Crippen LogP contribution in [0.1, 0.15) is 32.1 Å². The molecule has 3 rings (SSSR count). The van der Waals surface area contributed by atoms with Crippen LogP contribution in [0.2, 0.25) is 0 Å². The van der Waals surface area contributed by atoms with Gasteiger partial charge in [-0.1, -0.05) is 12.2 Å². The highest BCUT2D eigenvalue weighted by Crippen LogP contribution is 2.39. The number of ether oxygens (including phenoxy) is 1. The predicted molar refractivity (Wildman–Crippen MR) is 57.5 cm³/mol. The molecule has 2 heteroatoms. The lowest BCUT2D eigenvalue weighted by molar-refractivity contribution is -0.122. The van der Waals surface area contributed by atoms with Crippen molar-refractivity contribution in [2.24, 2.45) is 5.92 Å². The number of allylic oxidation sites excluding steroid dienone is 3. The molecule has 2 nitrogen and oxygen atoms in total. The van der Waals surface area contributed by atoms with E-state index in [1.165, 1.54) is 24.8 Å². The van der Waals surface area contributed by atoms with Gasteiger partial charge in [-0.15, -0.1) is 0 Å². The van der Waals surface area contributed by atoms with Crippen molar-refractivity contribution in [2.45, 2.75) is 38.2 Å². The molecule has 2 unspecified atom stereocenters. The summed E-state index contributed by atoms with van der Waals surface area (Å²) in [5.74, 6) is 0.962. The molecule has 2 atom stereocenters. The SMILES string of the molecule is O=C1CCOC2CCC3CCC=CC3=C12. The summed E-state index contributed by atoms with van der Waals surface area (Å²) in [5, 5.41) is 0. The Hall–Kier alpha value is -0.890. The van der Waals surface area contributed by atoms with Gasteiger partial charge >= 0.3 is 0 Å². The van der Waals surface area contributed by atoms with Crippen molar-refractivity contribution in [3.63, 3.8) is 0 Å². The van der Waals surface area contributed by atoms with Crippen LogP contribution in [0.25, 0.3) is 0 Å². The molecule has 1 fully saturated rings. The Kier molecular flexibility index (Phi) is 2.24. The summed E-state index contributed by atoms with van der Waals surface area (Å²) < 4.78 is 5.69. The lowest BCUT2D eigenvalue weighted by atomic mass is 9.74. The maximum absolute atomic E-state index is 11.9. The molecule has 1 aliphatic heterocycles. The van der Waals surface area contributed by atoms with Crippen molar-refractivity contribution in [1.82, 2.24) is 0 Å². The topological polar surface area (TPSA) is 26.3 Å². The molecule has 0 saturated carbocycles. The lowest BCUT2D eigenvalue weighted by Gasteiger charge is -2.36. The fourth-order valence-corrected chi connectivity index (χ4v) is 3.03. The summed E-state index contributed by atoms with van der Waals surface area (Å²) in [6.07, 6.45) is 9.68. The minimum Gasteiger partial charge on any atom is -0.373 e. The molecule has 2 aliphatic carbocycles. The normalized spacial score (nSPS) is 35.1. The largest absolute Gasteiger partial charge is 0.373 e. The van der Waals surface area contributed by atoms with Gasteiger partial charge in [0.2, 0.25) is 0 Å². The summed E-state index contributed by atoms with van der Waals surface area (Å²) in [6, 6.07) is 0. The number of rotatable bonds is 0. The average molecular weight is 204 g/mol. The second kappa shape index (κ2) is 3.60. The molecule has 0 aromatic carbocycles. The van der Waals surface area contributed by atoms with Gasteiger partial charge in [-0.2, -0.15) is 0 Å². The second-order valence-corrected chi connectivity index (χ2v) is 4.66. The monoisotopic (exact) mass is 204 g/mol. The zero-order valence-electron chi connectivity index (χ0n) is 8.87. The van der Waals surface area contributed by atoms with Gasteiger partial charge in [-0.3, -0.25) is 4.79 Å². The van der Waals surface area contributed by atoms with Crippen LogP contribution < -0.4 is 0 Å². The number of hydrogen-bond donors (Lipinski definition) is 0. The van der Waals surface area contributed by atoms with Gasteiger partial charge in [-0.05, 0) is 37.2 Å². The third kappa shape index (κ3) is 1.48. The van der Waals surface area contributed by atoms with Crippen LogP contribution in [-0.2, 0) is 9.53 Å². The van der Waals surface area contributed by atoms with E-state index in [4.69, 9.17) is 4.74 Å². The first-order valence-electron chi connectivity index (χ1n) is 5.91. The molecular weight excluding hydrogens is 188 g/mol. The molecule has 0 aromatic heterocycles. The molecule has 0 N–H and O–H groups in total. The molecule has 0 spiro atoms. The van der Waals surface area contributed by atoms with Crippen LogP contribution in [0.3, 0.4) is 0 Å². The van der Waals surface area contributed by atoms with Gasteiger partial charge in [0.05, 0.1) is 12.7 Å². The van der Waals surface area contributed by atoms with Crippen molar-refractivity contribution in [3.05, 3.63) is 23.3 Å². The van der Waals surface area contributed by atoms with E-state index in [0.29, 0.717) is 24.7 Å². The maximum Gasteiger partial charge on any atom is 0.164 e. The van der Waals surface area contributed by atoms with E-state index in [1.54, 1.807) is 0 Å². The number of hydrogen-bond acceptors (Lipinski definition) is 2. The minimum atomic E-state index is 0.111. The lowest BCUT2D eigenvalue weighted by Crippen LogP contribution is -2.35. The molecule has 1 saturated heterocycles. The van der Waals surface area contributed by atoms with Crippen molar-refractivity contribution in [1.29, 1.82) is 0 Å². The Morgan fingerprint density at radius 3 is 3.13 bits per heavy atom. The first kappa shape index (κ1) is 9.34. The summed E-state index contributed by atoms with van der Waals surface area (Å²) in [6.45, 7) is 0.620. The van der Waals surface area contributed by atoms with Crippen molar-refractivity contribution in [3.8, 4) is 0 Å². The maximum atomic E-state index is 11.9. The summed E-state index contributed by atoms with van der Waals surface area (Å²) in [4.78, 5) is 11.9. The molecule has 1 heterocycles. The Balaban J connectivity index is 2.06. The Labute approximate surface area is 90.0 Å². The van der Waals surface area contributed by atoms with Crippen molar-refractivity contribution >= 4 is 5.78 Å². The number of carbonyl (C=O) groups excluding carboxylic acids is 1. The van der Waals surface area contributed by atoms with Gasteiger partial charge in [0.1, 0.15) is 0 Å². The van der Waals surface area contributed by atoms with Crippen LogP contribution in [0.4, 0.5) is 0 Å². The number of carbonyl (C=O) groups is 1. The summed E-state index contributed by atoms with van der Waals surface area (Å²) >= 11 is 0. The third-order valence-electron chi connectivity index (χ3n) is 3.78. The van der Waals surface area contributed by atoms with Gasteiger partial charge in [0.15, 0.2) is 5.78 Å². The van der Waals surface area contributed by atoms with Crippen LogP contribution in [0, 0.1) is 5.92 Å². The smallest absolute Gasteiger partial charge is 0.164 e. The zero-order chi connectivity index (χ0) is 10.3. The van der Waals surface area contributed by atoms with Crippen LogP contribution >= 0.6 is 0 Å². The molecule has 3 aliphatic rings. The highest BCUT2D eigenvalue weighted by Gasteiger charge is 2.35. The summed E-state index contributed by atoms with van der Waals surface area (Å²) in [5.41, 5.74) is 2.30. The van der Waals surface area contributed by atoms with Crippen molar-refractivity contribution in [2.75, 3.05) is 6.61 Å². The quantitative estimate of drug-likeness (QED) is 0.605. The predicted octanol–water partition coefficient (Wildman–Crippen LogP) is 2.40. The fraction of sp³-hybridized carbons (Fsp3) is 0.615. The Morgan fingerprint density at radius 1 is 1.27 bits per heavy atom. The average Bonchev–Trinajstić information content (AvgIpc) is 2.29. The first-order valence-corrected chi connectivity index (χ1v) is 5.91. The molecular formula is C13H16O2. The van der Waals surface area contributed by atoms with E-state index in [-0.39, 0.29) is 6.10 Å². The van der Waals surface area contributed by atoms with E-state index >= 15 is 0 Å². The number of ketones is 1. The molecule has 0 radical (unpaired) electrons. The summed E-state index contributed by atoms with van der Waals surface area (Å²) in [7, 11) is 0. The first-order chi connectivity index (χ1) is 7.36. The Morgan fingerprint density at radius 2 is 2.20 bits per heavy atom. The molecule has 0 bridgehead atoms. The third-order valence-corrected chi connectivity index (χ3v) is 3.78. The van der Waals surface area contributed by atoms with E-state index in [0.717, 1.165) is 12.0 Å². The fourth-order valence-electron chi connectivity index (χ4n) is 3.03. The second-order valence-electron chi connectivity index (χ2n) is 4.66. The van der Waals surface area contributed by atoms with Gasteiger partial charge in [0, 0.05) is 12.0 Å². The van der Waals surface area contributed by atoms with Crippen LogP contribution in [-0.4, -0.2) is 18.5 Å². The molecule has 15 heavy (non-hydrogen) atoms. The Bertz CT molecular complexity index is 352. The van der Waals surface area contributed by atoms with Gasteiger partial charge in [0.25, 0.3) is 0 Å². The van der Waals surface area contributed by atoms with E-state index < -0.39 is 0 Å². The number of Topliss-reactive ketones (excluding diaryl/α,β-unsaturated/α-hetero) is 1. The van der Waals surface area contributed by atoms with Gasteiger partial charge in [-0.25, -0.2) is 0 Å². The van der Waals surface area contributed by atoms with Crippen molar-refractivity contribution < 1.29 is 9.53 Å². The van der Waals surface area contributed by atoms with Crippen LogP contribution in [0.5, 0.6) is 0 Å². The van der Waals surface area contributed by atoms with Crippen LogP contribution in [0.15, 0.2) is 23.3 Å². The van der Waals surface area contributed by atoms with E-state index in [9.17, 15) is 4.79 Å². The highest BCUT2D eigenvalue weighted by atomic mass is 16.5. The highest BCUT2D eigenvalue weighted by molar-refractivity contribution is 5.98. The molecule has 0 amide bonds. The zero-order valence-corrected chi connectivity index (χ0v) is 8.87. The standard InChI is InChI=1S/C13H16O2/c14-11-7-8-15-12-6-5-9-3-1-2-4-10(9)13(11)12/h2,4,9,12H,1,3,5-8H2.